The Bertz CT molecular complexity index is 1150. The third-order valence-electron chi connectivity index (χ3n) is 5.01. The average Bonchev–Trinajstić information content (AvgIpc) is 3.14. The van der Waals surface area contributed by atoms with Crippen molar-refractivity contribution >= 4 is 11.6 Å². The van der Waals surface area contributed by atoms with Crippen molar-refractivity contribution in [2.24, 2.45) is 0 Å². The third-order valence-corrected chi connectivity index (χ3v) is 5.01. The maximum atomic E-state index is 13.2. The Labute approximate surface area is 154 Å². The Morgan fingerprint density at radius 1 is 1.00 bits per heavy atom. The van der Waals surface area contributed by atoms with Crippen LogP contribution in [0.2, 0.25) is 0 Å². The number of hydrogen-bond acceptors (Lipinski definition) is 4. The van der Waals surface area contributed by atoms with E-state index in [-0.39, 0.29) is 17.5 Å². The molecule has 1 aliphatic carbocycles. The molecule has 132 valence electrons. The first-order chi connectivity index (χ1) is 13.2. The zero-order valence-corrected chi connectivity index (χ0v) is 14.3. The number of nitrogens with zero attached hydrogens (tertiary/aromatic N) is 4. The molecule has 6 heteroatoms. The highest BCUT2D eigenvalue weighted by atomic mass is 19.1. The van der Waals surface area contributed by atoms with Crippen LogP contribution in [0, 0.1) is 5.82 Å². The van der Waals surface area contributed by atoms with E-state index in [1.54, 1.807) is 22.8 Å². The SMILES string of the molecule is O=C1CC(c2ccc(F)cc2)Cc2c1cnc1nc(-c3ccccc3)nn21. The first-order valence-corrected chi connectivity index (χ1v) is 8.78. The Morgan fingerprint density at radius 3 is 2.56 bits per heavy atom. The van der Waals surface area contributed by atoms with Gasteiger partial charge in [-0.1, -0.05) is 42.5 Å². The van der Waals surface area contributed by atoms with Gasteiger partial charge in [0.05, 0.1) is 11.3 Å². The van der Waals surface area contributed by atoms with Gasteiger partial charge in [-0.15, -0.1) is 5.10 Å². The quantitative estimate of drug-likeness (QED) is 0.546. The van der Waals surface area contributed by atoms with Crippen LogP contribution in [0.4, 0.5) is 4.39 Å². The van der Waals surface area contributed by atoms with Gasteiger partial charge < -0.3 is 0 Å². The van der Waals surface area contributed by atoms with Crippen molar-refractivity contribution in [3.63, 3.8) is 0 Å². The summed E-state index contributed by atoms with van der Waals surface area (Å²) in [5.74, 6) is 0.780. The third kappa shape index (κ3) is 2.70. The molecule has 5 rings (SSSR count). The van der Waals surface area contributed by atoms with Crippen LogP contribution in [0.3, 0.4) is 0 Å². The van der Waals surface area contributed by atoms with Crippen LogP contribution in [0.25, 0.3) is 17.2 Å². The Balaban J connectivity index is 1.61. The van der Waals surface area contributed by atoms with E-state index in [9.17, 15) is 9.18 Å². The Kier molecular flexibility index (Phi) is 3.57. The van der Waals surface area contributed by atoms with Gasteiger partial charge in [0, 0.05) is 18.2 Å². The van der Waals surface area contributed by atoms with Crippen molar-refractivity contribution in [1.82, 2.24) is 19.6 Å². The number of carbonyl (C=O) groups excluding carboxylic acids is 1. The molecule has 0 N–H and O–H groups in total. The summed E-state index contributed by atoms with van der Waals surface area (Å²) in [6, 6.07) is 16.0. The van der Waals surface area contributed by atoms with Crippen molar-refractivity contribution in [2.45, 2.75) is 18.8 Å². The van der Waals surface area contributed by atoms with Crippen molar-refractivity contribution < 1.29 is 9.18 Å². The molecule has 27 heavy (non-hydrogen) atoms. The second-order valence-corrected chi connectivity index (χ2v) is 6.71. The molecule has 0 amide bonds. The van der Waals surface area contributed by atoms with E-state index in [1.165, 1.54) is 12.1 Å². The van der Waals surface area contributed by atoms with E-state index < -0.39 is 0 Å². The first kappa shape index (κ1) is 15.8. The van der Waals surface area contributed by atoms with Gasteiger partial charge in [-0.2, -0.15) is 9.50 Å². The summed E-state index contributed by atoms with van der Waals surface area (Å²) in [6.07, 6.45) is 2.60. The van der Waals surface area contributed by atoms with E-state index in [0.29, 0.717) is 30.0 Å². The molecule has 4 aromatic rings. The summed E-state index contributed by atoms with van der Waals surface area (Å²) >= 11 is 0. The maximum Gasteiger partial charge on any atom is 0.252 e. The van der Waals surface area contributed by atoms with E-state index >= 15 is 0 Å². The molecule has 0 saturated heterocycles. The normalized spacial score (nSPS) is 16.5. The van der Waals surface area contributed by atoms with Crippen LogP contribution in [-0.4, -0.2) is 25.4 Å². The molecule has 1 unspecified atom stereocenters. The van der Waals surface area contributed by atoms with Crippen molar-refractivity contribution in [3.8, 4) is 11.4 Å². The lowest BCUT2D eigenvalue weighted by atomic mass is 9.82. The lowest BCUT2D eigenvalue weighted by Gasteiger charge is -2.23. The minimum absolute atomic E-state index is 0.0134. The van der Waals surface area contributed by atoms with E-state index in [4.69, 9.17) is 0 Å². The van der Waals surface area contributed by atoms with Gasteiger partial charge in [-0.3, -0.25) is 4.79 Å². The minimum Gasteiger partial charge on any atom is -0.294 e. The zero-order valence-electron chi connectivity index (χ0n) is 14.3. The van der Waals surface area contributed by atoms with Crippen LogP contribution in [0.5, 0.6) is 0 Å². The van der Waals surface area contributed by atoms with Crippen LogP contribution in [0.15, 0.2) is 60.8 Å². The number of Topliss-reactive ketones (excluding diaryl/α,β-unsaturated/α-hetero) is 1. The summed E-state index contributed by atoms with van der Waals surface area (Å²) in [5, 5.41) is 4.60. The van der Waals surface area contributed by atoms with Gasteiger partial charge >= 0.3 is 0 Å². The number of benzene rings is 2. The van der Waals surface area contributed by atoms with Crippen molar-refractivity contribution in [2.75, 3.05) is 0 Å². The number of hydrogen-bond donors (Lipinski definition) is 0. The van der Waals surface area contributed by atoms with E-state index in [1.807, 2.05) is 30.3 Å². The van der Waals surface area contributed by atoms with E-state index in [2.05, 4.69) is 15.1 Å². The molecule has 2 aromatic carbocycles. The highest BCUT2D eigenvalue weighted by Gasteiger charge is 2.29. The molecule has 0 radical (unpaired) electrons. The zero-order chi connectivity index (χ0) is 18.4. The lowest BCUT2D eigenvalue weighted by Crippen LogP contribution is -2.22. The van der Waals surface area contributed by atoms with Gasteiger partial charge in [0.15, 0.2) is 11.6 Å². The first-order valence-electron chi connectivity index (χ1n) is 8.78. The van der Waals surface area contributed by atoms with Gasteiger partial charge in [0.2, 0.25) is 0 Å². The summed E-state index contributed by atoms with van der Waals surface area (Å²) < 4.78 is 14.9. The molecule has 0 bridgehead atoms. The average molecular weight is 358 g/mol. The van der Waals surface area contributed by atoms with Crippen molar-refractivity contribution in [1.29, 1.82) is 0 Å². The van der Waals surface area contributed by atoms with E-state index in [0.717, 1.165) is 16.8 Å². The van der Waals surface area contributed by atoms with Gasteiger partial charge in [0.25, 0.3) is 5.78 Å². The molecule has 5 nitrogen and oxygen atoms in total. The second kappa shape index (κ2) is 6.09. The maximum absolute atomic E-state index is 13.2. The number of rotatable bonds is 2. The molecule has 2 heterocycles. The van der Waals surface area contributed by atoms with Crippen LogP contribution in [0.1, 0.15) is 34.0 Å². The highest BCUT2D eigenvalue weighted by Crippen LogP contribution is 2.33. The fourth-order valence-electron chi connectivity index (χ4n) is 3.63. The van der Waals surface area contributed by atoms with Gasteiger partial charge in [-0.05, 0) is 30.0 Å². The predicted molar refractivity (Wildman–Crippen MR) is 98.0 cm³/mol. The smallest absolute Gasteiger partial charge is 0.252 e. The number of aromatic nitrogens is 4. The highest BCUT2D eigenvalue weighted by molar-refractivity contribution is 5.98. The molecular formula is C21H15FN4O. The van der Waals surface area contributed by atoms with Gasteiger partial charge in [-0.25, -0.2) is 9.37 Å². The molecule has 1 aliphatic rings. The standard InChI is InChI=1S/C21H15FN4O/c22-16-8-6-13(7-9-16)15-10-18-17(19(27)11-15)12-23-21-24-20(25-26(18)21)14-4-2-1-3-5-14/h1-9,12,15H,10-11H2. The number of carbonyl (C=O) groups is 1. The largest absolute Gasteiger partial charge is 0.294 e. The molecule has 0 fully saturated rings. The number of halogens is 1. The van der Waals surface area contributed by atoms with Crippen molar-refractivity contribution in [3.05, 3.63) is 83.4 Å². The van der Waals surface area contributed by atoms with Crippen LogP contribution < -0.4 is 0 Å². The summed E-state index contributed by atoms with van der Waals surface area (Å²) in [5.41, 5.74) is 3.24. The molecule has 2 aromatic heterocycles. The molecule has 0 spiro atoms. The summed E-state index contributed by atoms with van der Waals surface area (Å²) in [7, 11) is 0. The van der Waals surface area contributed by atoms with Crippen LogP contribution in [-0.2, 0) is 6.42 Å². The summed E-state index contributed by atoms with van der Waals surface area (Å²) in [4.78, 5) is 21.5. The Morgan fingerprint density at radius 2 is 1.78 bits per heavy atom. The monoisotopic (exact) mass is 358 g/mol. The second-order valence-electron chi connectivity index (χ2n) is 6.71. The molecule has 1 atom stereocenters. The van der Waals surface area contributed by atoms with Crippen LogP contribution >= 0.6 is 0 Å². The minimum atomic E-state index is -0.281. The Hall–Kier alpha value is -3.41. The number of fused-ring (bicyclic) bond motifs is 3. The molecular weight excluding hydrogens is 343 g/mol. The molecule has 0 saturated carbocycles. The topological polar surface area (TPSA) is 60.2 Å². The summed E-state index contributed by atoms with van der Waals surface area (Å²) in [6.45, 7) is 0. The number of ketones is 1. The lowest BCUT2D eigenvalue weighted by molar-refractivity contribution is 0.0962. The van der Waals surface area contributed by atoms with Gasteiger partial charge in [0.1, 0.15) is 5.82 Å². The fraction of sp³-hybridized carbons (Fsp3) is 0.143. The fourth-order valence-corrected chi connectivity index (χ4v) is 3.63. The molecule has 0 aliphatic heterocycles. The predicted octanol–water partition coefficient (Wildman–Crippen LogP) is 3.84.